The molecule has 166 valence electrons. The number of hydrogen-bond acceptors (Lipinski definition) is 6. The van der Waals surface area contributed by atoms with Gasteiger partial charge in [-0.3, -0.25) is 4.79 Å². The molecule has 2 aromatic heterocycles. The van der Waals surface area contributed by atoms with E-state index in [0.29, 0.717) is 22.8 Å². The molecule has 2 aromatic carbocycles. The number of sulfone groups is 1. The zero-order valence-corrected chi connectivity index (χ0v) is 19.8. The normalized spacial score (nSPS) is 12.3. The highest BCUT2D eigenvalue weighted by atomic mass is 32.2. The Balaban J connectivity index is 1.60. The molecule has 0 saturated heterocycles. The van der Waals surface area contributed by atoms with E-state index in [1.54, 1.807) is 41.8 Å². The lowest BCUT2D eigenvalue weighted by Crippen LogP contribution is -2.35. The number of rotatable bonds is 6. The van der Waals surface area contributed by atoms with Gasteiger partial charge in [-0.05, 0) is 56.0 Å². The fraction of sp³-hybridized carbons (Fsp3) is 0.250. The minimum atomic E-state index is -3.49. The molecule has 0 fully saturated rings. The summed E-state index contributed by atoms with van der Waals surface area (Å²) in [4.78, 5) is 20.4. The largest absolute Gasteiger partial charge is 0.321 e. The Labute approximate surface area is 191 Å². The highest BCUT2D eigenvalue weighted by Gasteiger charge is 2.18. The Kier molecular flexibility index (Phi) is 6.03. The third-order valence-electron chi connectivity index (χ3n) is 4.98. The molecule has 0 spiro atoms. The lowest BCUT2D eigenvalue weighted by Gasteiger charge is -2.20. The molecule has 2 heterocycles. The van der Waals surface area contributed by atoms with Gasteiger partial charge in [0.05, 0.1) is 16.2 Å². The van der Waals surface area contributed by atoms with Crippen LogP contribution in [0.4, 0.5) is 0 Å². The molecule has 0 unspecified atom stereocenters. The smallest absolute Gasteiger partial charge is 0.257 e. The number of aromatic amines is 1. The molecule has 0 aliphatic carbocycles. The van der Waals surface area contributed by atoms with Gasteiger partial charge >= 0.3 is 0 Å². The zero-order valence-electron chi connectivity index (χ0n) is 18.2. The zero-order chi connectivity index (χ0) is 22.9. The van der Waals surface area contributed by atoms with Crippen molar-refractivity contribution in [2.75, 3.05) is 0 Å². The van der Waals surface area contributed by atoms with E-state index in [4.69, 9.17) is 0 Å². The average Bonchev–Trinajstić information content (AvgIpc) is 3.19. The SMILES string of the molecule is CC(C)(C)NCc1ccc2cc(-c3csc(CS(=O)(=O)c4ccccc4)n3)c(=O)[nH]c2c1. The van der Waals surface area contributed by atoms with Crippen LogP contribution in [0.1, 0.15) is 31.3 Å². The summed E-state index contributed by atoms with van der Waals surface area (Å²) < 4.78 is 25.3. The number of thiazole rings is 1. The Morgan fingerprint density at radius 3 is 2.53 bits per heavy atom. The fourth-order valence-corrected chi connectivity index (χ4v) is 5.73. The predicted molar refractivity (Wildman–Crippen MR) is 130 cm³/mol. The predicted octanol–water partition coefficient (Wildman–Crippen LogP) is 4.51. The molecule has 0 aliphatic heterocycles. The first kappa shape index (κ1) is 22.4. The minimum absolute atomic E-state index is 0.00252. The maximum Gasteiger partial charge on any atom is 0.257 e. The van der Waals surface area contributed by atoms with E-state index in [1.807, 2.05) is 18.2 Å². The third kappa shape index (κ3) is 5.15. The van der Waals surface area contributed by atoms with Crippen LogP contribution in [0.3, 0.4) is 0 Å². The lowest BCUT2D eigenvalue weighted by atomic mass is 10.1. The van der Waals surface area contributed by atoms with Crippen molar-refractivity contribution in [1.29, 1.82) is 0 Å². The molecule has 0 radical (unpaired) electrons. The molecule has 2 N–H and O–H groups in total. The molecular formula is C24H25N3O3S2. The summed E-state index contributed by atoms with van der Waals surface area (Å²) in [5.74, 6) is -0.197. The molecule has 0 aliphatic rings. The summed E-state index contributed by atoms with van der Waals surface area (Å²) in [6.45, 7) is 7.02. The van der Waals surface area contributed by atoms with E-state index in [0.717, 1.165) is 16.5 Å². The second-order valence-electron chi connectivity index (χ2n) is 8.74. The summed E-state index contributed by atoms with van der Waals surface area (Å²) in [7, 11) is -3.49. The van der Waals surface area contributed by atoms with Crippen molar-refractivity contribution < 1.29 is 8.42 Å². The highest BCUT2D eigenvalue weighted by molar-refractivity contribution is 7.90. The molecule has 8 heteroatoms. The van der Waals surface area contributed by atoms with Crippen molar-refractivity contribution in [1.82, 2.24) is 15.3 Å². The number of hydrogen-bond donors (Lipinski definition) is 2. The Bertz CT molecular complexity index is 1420. The van der Waals surface area contributed by atoms with E-state index < -0.39 is 9.84 Å². The lowest BCUT2D eigenvalue weighted by molar-refractivity contribution is 0.424. The van der Waals surface area contributed by atoms with Crippen LogP contribution in [0.25, 0.3) is 22.2 Å². The van der Waals surface area contributed by atoms with Crippen LogP contribution < -0.4 is 10.9 Å². The molecule has 0 amide bonds. The first-order valence-electron chi connectivity index (χ1n) is 10.2. The summed E-state index contributed by atoms with van der Waals surface area (Å²) >= 11 is 1.24. The summed E-state index contributed by atoms with van der Waals surface area (Å²) in [6, 6.07) is 16.1. The second-order valence-corrected chi connectivity index (χ2v) is 11.7. The van der Waals surface area contributed by atoms with Crippen LogP contribution >= 0.6 is 11.3 Å². The minimum Gasteiger partial charge on any atom is -0.321 e. The van der Waals surface area contributed by atoms with Gasteiger partial charge in [0, 0.05) is 23.0 Å². The van der Waals surface area contributed by atoms with Gasteiger partial charge in [0.15, 0.2) is 9.84 Å². The van der Waals surface area contributed by atoms with E-state index in [1.165, 1.54) is 11.3 Å². The standard InChI is InChI=1S/C24H25N3O3S2/c1-24(2,3)25-13-16-9-10-17-12-19(23(28)27-20(17)11-16)21-14-31-22(26-21)15-32(29,30)18-7-5-4-6-8-18/h4-12,14,25H,13,15H2,1-3H3,(H,27,28). The van der Waals surface area contributed by atoms with Crippen molar-refractivity contribution in [2.45, 2.75) is 43.5 Å². The van der Waals surface area contributed by atoms with E-state index in [9.17, 15) is 13.2 Å². The molecule has 4 rings (SSSR count). The summed E-state index contributed by atoms with van der Waals surface area (Å²) in [5.41, 5.74) is 2.50. The number of H-pyrrole nitrogens is 1. The fourth-order valence-electron chi connectivity index (χ4n) is 3.29. The third-order valence-corrected chi connectivity index (χ3v) is 7.65. The van der Waals surface area contributed by atoms with Crippen LogP contribution in [0.2, 0.25) is 0 Å². The van der Waals surface area contributed by atoms with E-state index in [-0.39, 0.29) is 21.7 Å². The highest BCUT2D eigenvalue weighted by Crippen LogP contribution is 2.25. The van der Waals surface area contributed by atoms with Gasteiger partial charge in [-0.15, -0.1) is 11.3 Å². The quantitative estimate of drug-likeness (QED) is 0.435. The van der Waals surface area contributed by atoms with Gasteiger partial charge in [0.2, 0.25) is 0 Å². The molecule has 0 atom stereocenters. The Morgan fingerprint density at radius 2 is 1.81 bits per heavy atom. The number of nitrogens with one attached hydrogen (secondary N) is 2. The van der Waals surface area contributed by atoms with Crippen molar-refractivity contribution in [3.05, 3.63) is 80.9 Å². The topological polar surface area (TPSA) is 91.9 Å². The van der Waals surface area contributed by atoms with Gasteiger partial charge in [-0.1, -0.05) is 30.3 Å². The maximum absolute atomic E-state index is 12.8. The first-order valence-corrected chi connectivity index (χ1v) is 12.8. The molecule has 0 bridgehead atoms. The monoisotopic (exact) mass is 467 g/mol. The van der Waals surface area contributed by atoms with E-state index >= 15 is 0 Å². The van der Waals surface area contributed by atoms with Gasteiger partial charge in [0.1, 0.15) is 10.8 Å². The molecule has 0 saturated carbocycles. The average molecular weight is 468 g/mol. The van der Waals surface area contributed by atoms with Crippen molar-refractivity contribution in [2.24, 2.45) is 0 Å². The number of pyridine rings is 1. The van der Waals surface area contributed by atoms with Crippen molar-refractivity contribution >= 4 is 32.1 Å². The van der Waals surface area contributed by atoms with Gasteiger partial charge in [-0.25, -0.2) is 13.4 Å². The molecule has 4 aromatic rings. The first-order chi connectivity index (χ1) is 15.1. The van der Waals surface area contributed by atoms with E-state index in [2.05, 4.69) is 36.1 Å². The van der Waals surface area contributed by atoms with Gasteiger partial charge in [0.25, 0.3) is 5.56 Å². The second kappa shape index (κ2) is 8.61. The van der Waals surface area contributed by atoms with Crippen LogP contribution in [0.5, 0.6) is 0 Å². The van der Waals surface area contributed by atoms with Gasteiger partial charge < -0.3 is 10.3 Å². The summed E-state index contributed by atoms with van der Waals surface area (Å²) in [6.07, 6.45) is 0. The molecular weight excluding hydrogens is 442 g/mol. The Morgan fingerprint density at radius 1 is 1.06 bits per heavy atom. The van der Waals surface area contributed by atoms with Crippen LogP contribution in [0, 0.1) is 0 Å². The Hall–Kier alpha value is -2.81. The number of aromatic nitrogens is 2. The van der Waals surface area contributed by atoms with Crippen molar-refractivity contribution in [3.63, 3.8) is 0 Å². The maximum atomic E-state index is 12.8. The molecule has 32 heavy (non-hydrogen) atoms. The number of benzene rings is 2. The number of fused-ring (bicyclic) bond motifs is 1. The van der Waals surface area contributed by atoms with Crippen molar-refractivity contribution in [3.8, 4) is 11.3 Å². The van der Waals surface area contributed by atoms with Crippen LogP contribution in [-0.2, 0) is 22.1 Å². The number of nitrogens with zero attached hydrogens (tertiary/aromatic N) is 1. The van der Waals surface area contributed by atoms with Gasteiger partial charge in [-0.2, -0.15) is 0 Å². The van der Waals surface area contributed by atoms with Crippen LogP contribution in [-0.4, -0.2) is 23.9 Å². The summed E-state index contributed by atoms with van der Waals surface area (Å²) in [5, 5.41) is 6.51. The molecule has 6 nitrogen and oxygen atoms in total. The van der Waals surface area contributed by atoms with Crippen LogP contribution in [0.15, 0.2) is 69.7 Å².